The molecule has 2 aromatic heterocycles. The van der Waals surface area contributed by atoms with Crippen LogP contribution in [-0.4, -0.2) is 51.9 Å². The first-order valence-electron chi connectivity index (χ1n) is 8.76. The number of rotatable bonds is 4. The van der Waals surface area contributed by atoms with Crippen LogP contribution in [0, 0.1) is 11.8 Å². The first kappa shape index (κ1) is 20.9. The Morgan fingerprint density at radius 2 is 2.17 bits per heavy atom. The molecule has 1 aromatic carbocycles. The largest absolute Gasteiger partial charge is 0.390 e. The number of aromatic nitrogens is 4. The van der Waals surface area contributed by atoms with Gasteiger partial charge in [0.1, 0.15) is 29.9 Å². The second kappa shape index (κ2) is 8.38. The minimum Gasteiger partial charge on any atom is -0.390 e. The molecular formula is C18H16BrN5O5S. The molecule has 4 rings (SSSR count). The molecule has 0 bridgehead atoms. The van der Waals surface area contributed by atoms with Gasteiger partial charge in [0.15, 0.2) is 5.65 Å². The zero-order valence-electron chi connectivity index (χ0n) is 15.3. The third kappa shape index (κ3) is 4.67. The summed E-state index contributed by atoms with van der Waals surface area (Å²) in [6, 6.07) is 7.57. The van der Waals surface area contributed by atoms with E-state index in [2.05, 4.69) is 46.9 Å². The Hall–Kier alpha value is -2.40. The molecule has 3 heterocycles. The number of nitrogens with two attached hydrogens (primary N) is 1. The third-order valence-electron chi connectivity index (χ3n) is 4.42. The predicted octanol–water partition coefficient (Wildman–Crippen LogP) is 0.857. The van der Waals surface area contributed by atoms with Crippen LogP contribution in [0.15, 0.2) is 41.4 Å². The topological polar surface area (TPSA) is 142 Å². The van der Waals surface area contributed by atoms with E-state index in [0.29, 0.717) is 16.9 Å². The van der Waals surface area contributed by atoms with Crippen LogP contribution < -0.4 is 5.14 Å². The van der Waals surface area contributed by atoms with Crippen molar-refractivity contribution in [3.8, 4) is 11.8 Å². The van der Waals surface area contributed by atoms with E-state index in [0.717, 1.165) is 10.0 Å². The number of ether oxygens (including phenoxy) is 1. The molecule has 0 saturated carbocycles. The molecule has 1 aliphatic rings. The summed E-state index contributed by atoms with van der Waals surface area (Å²) in [5.74, 6) is 6.04. The molecule has 0 spiro atoms. The molecular weight excluding hydrogens is 478 g/mol. The van der Waals surface area contributed by atoms with Gasteiger partial charge >= 0.3 is 10.3 Å². The number of fused-ring (bicyclic) bond motifs is 1. The number of imidazole rings is 1. The molecule has 156 valence electrons. The van der Waals surface area contributed by atoms with Crippen molar-refractivity contribution in [1.29, 1.82) is 0 Å². The predicted molar refractivity (Wildman–Crippen MR) is 109 cm³/mol. The van der Waals surface area contributed by atoms with Crippen molar-refractivity contribution >= 4 is 37.4 Å². The number of hydrogen-bond donors (Lipinski definition) is 2. The average molecular weight is 494 g/mol. The Bertz CT molecular complexity index is 1250. The highest BCUT2D eigenvalue weighted by atomic mass is 79.9. The SMILES string of the molecule is NS(=O)(=O)OC[C@H]1O[C@@H](n2cnc3c(C#Cc4cccc(Br)c4)ncnc32)C[C@@H]1O. The van der Waals surface area contributed by atoms with E-state index < -0.39 is 28.7 Å². The van der Waals surface area contributed by atoms with Crippen LogP contribution in [0.3, 0.4) is 0 Å². The van der Waals surface area contributed by atoms with Gasteiger partial charge in [-0.05, 0) is 24.1 Å². The van der Waals surface area contributed by atoms with Crippen molar-refractivity contribution in [3.05, 3.63) is 52.7 Å². The van der Waals surface area contributed by atoms with Gasteiger partial charge in [0, 0.05) is 16.5 Å². The lowest BCUT2D eigenvalue weighted by Gasteiger charge is -2.15. The van der Waals surface area contributed by atoms with Crippen molar-refractivity contribution in [2.24, 2.45) is 5.14 Å². The lowest BCUT2D eigenvalue weighted by Crippen LogP contribution is -2.30. The van der Waals surface area contributed by atoms with Crippen LogP contribution >= 0.6 is 15.9 Å². The fourth-order valence-electron chi connectivity index (χ4n) is 3.05. The molecule has 12 heteroatoms. The molecule has 0 aliphatic carbocycles. The van der Waals surface area contributed by atoms with Gasteiger partial charge in [0.25, 0.3) is 0 Å². The van der Waals surface area contributed by atoms with Crippen LogP contribution in [0.5, 0.6) is 0 Å². The van der Waals surface area contributed by atoms with E-state index in [-0.39, 0.29) is 13.0 Å². The number of benzene rings is 1. The van der Waals surface area contributed by atoms with Crippen LogP contribution in [0.4, 0.5) is 0 Å². The Labute approximate surface area is 180 Å². The summed E-state index contributed by atoms with van der Waals surface area (Å²) in [5, 5.41) is 15.0. The number of hydrogen-bond acceptors (Lipinski definition) is 8. The summed E-state index contributed by atoms with van der Waals surface area (Å²) in [6.45, 7) is -0.387. The van der Waals surface area contributed by atoms with E-state index in [9.17, 15) is 13.5 Å². The highest BCUT2D eigenvalue weighted by molar-refractivity contribution is 9.10. The summed E-state index contributed by atoms with van der Waals surface area (Å²) < 4.78 is 34.8. The van der Waals surface area contributed by atoms with E-state index >= 15 is 0 Å². The molecule has 30 heavy (non-hydrogen) atoms. The highest BCUT2D eigenvalue weighted by Gasteiger charge is 2.36. The molecule has 3 atom stereocenters. The second-order valence-electron chi connectivity index (χ2n) is 6.52. The fourth-order valence-corrected chi connectivity index (χ4v) is 3.77. The van der Waals surface area contributed by atoms with Crippen molar-refractivity contribution in [2.45, 2.75) is 24.9 Å². The molecule has 1 saturated heterocycles. The van der Waals surface area contributed by atoms with Gasteiger partial charge in [-0.25, -0.2) is 20.1 Å². The maximum Gasteiger partial charge on any atom is 0.333 e. The van der Waals surface area contributed by atoms with Crippen molar-refractivity contribution in [3.63, 3.8) is 0 Å². The van der Waals surface area contributed by atoms with Crippen molar-refractivity contribution < 1.29 is 22.4 Å². The molecule has 0 amide bonds. The molecule has 3 aromatic rings. The number of aliphatic hydroxyl groups excluding tert-OH is 1. The molecule has 1 aliphatic heterocycles. The number of nitrogens with zero attached hydrogens (tertiary/aromatic N) is 4. The lowest BCUT2D eigenvalue weighted by molar-refractivity contribution is -0.0371. The zero-order valence-corrected chi connectivity index (χ0v) is 17.7. The van der Waals surface area contributed by atoms with Gasteiger partial charge < -0.3 is 9.84 Å². The number of halogens is 1. The monoisotopic (exact) mass is 493 g/mol. The normalized spacial score (nSPS) is 21.5. The Kier molecular flexibility index (Phi) is 5.83. The third-order valence-corrected chi connectivity index (χ3v) is 5.38. The van der Waals surface area contributed by atoms with Gasteiger partial charge in [0.05, 0.1) is 19.0 Å². The van der Waals surface area contributed by atoms with Gasteiger partial charge in [-0.3, -0.25) is 8.75 Å². The lowest BCUT2D eigenvalue weighted by atomic mass is 10.2. The fraction of sp³-hybridized carbons (Fsp3) is 0.278. The molecule has 0 radical (unpaired) electrons. The summed E-state index contributed by atoms with van der Waals surface area (Å²) in [4.78, 5) is 12.8. The summed E-state index contributed by atoms with van der Waals surface area (Å²) in [5.41, 5.74) is 2.23. The van der Waals surface area contributed by atoms with E-state index in [1.54, 1.807) is 4.57 Å². The second-order valence-corrected chi connectivity index (χ2v) is 8.65. The molecule has 0 unspecified atom stereocenters. The van der Waals surface area contributed by atoms with Gasteiger partial charge in [-0.1, -0.05) is 27.9 Å². The first-order chi connectivity index (χ1) is 14.3. The minimum atomic E-state index is -4.13. The summed E-state index contributed by atoms with van der Waals surface area (Å²) >= 11 is 3.41. The van der Waals surface area contributed by atoms with Crippen LogP contribution in [0.25, 0.3) is 11.2 Å². The zero-order chi connectivity index (χ0) is 21.3. The van der Waals surface area contributed by atoms with Gasteiger partial charge in [-0.15, -0.1) is 0 Å². The smallest absolute Gasteiger partial charge is 0.333 e. The molecule has 10 nitrogen and oxygen atoms in total. The maximum absolute atomic E-state index is 11.0. The first-order valence-corrected chi connectivity index (χ1v) is 11.0. The van der Waals surface area contributed by atoms with E-state index in [1.807, 2.05) is 24.3 Å². The van der Waals surface area contributed by atoms with Crippen LogP contribution in [-0.2, 0) is 19.2 Å². The quantitative estimate of drug-likeness (QED) is 0.509. The minimum absolute atomic E-state index is 0.202. The standard InChI is InChI=1S/C18H16BrN5O5S/c19-12-3-1-2-11(6-12)4-5-13-17-18(22-9-21-13)24(10-23-17)16-7-14(25)15(29-16)8-28-30(20,26)27/h1-3,6,9-10,14-16,25H,7-8H2,(H2,20,26,27)/t14-,15+,16+/m0/s1. The Balaban J connectivity index is 1.58. The van der Waals surface area contributed by atoms with Gasteiger partial charge in [-0.2, -0.15) is 8.42 Å². The molecule has 1 fully saturated rings. The van der Waals surface area contributed by atoms with E-state index in [4.69, 9.17) is 9.88 Å². The molecule has 3 N–H and O–H groups in total. The highest BCUT2D eigenvalue weighted by Crippen LogP contribution is 2.31. The number of aliphatic hydroxyl groups is 1. The van der Waals surface area contributed by atoms with Gasteiger partial charge in [0.2, 0.25) is 0 Å². The van der Waals surface area contributed by atoms with Crippen molar-refractivity contribution in [2.75, 3.05) is 6.61 Å². The average Bonchev–Trinajstić information content (AvgIpc) is 3.28. The maximum atomic E-state index is 11.0. The summed E-state index contributed by atoms with van der Waals surface area (Å²) in [6.07, 6.45) is 0.685. The summed E-state index contributed by atoms with van der Waals surface area (Å²) in [7, 11) is -4.13. The van der Waals surface area contributed by atoms with Crippen molar-refractivity contribution in [1.82, 2.24) is 19.5 Å². The Morgan fingerprint density at radius 3 is 2.93 bits per heavy atom. The van der Waals surface area contributed by atoms with Crippen LogP contribution in [0.1, 0.15) is 23.9 Å². The Morgan fingerprint density at radius 1 is 1.33 bits per heavy atom. The van der Waals surface area contributed by atoms with Crippen LogP contribution in [0.2, 0.25) is 0 Å². The van der Waals surface area contributed by atoms with E-state index in [1.165, 1.54) is 12.7 Å².